The van der Waals surface area contributed by atoms with E-state index < -0.39 is 0 Å². The molecule has 1 aromatic rings. The van der Waals surface area contributed by atoms with Gasteiger partial charge in [-0.1, -0.05) is 13.0 Å². The maximum absolute atomic E-state index is 11.8. The number of carbonyl (C=O) groups is 1. The smallest absolute Gasteiger partial charge is 0.261 e. The van der Waals surface area contributed by atoms with Crippen LogP contribution in [0.2, 0.25) is 0 Å². The first-order valence-corrected chi connectivity index (χ1v) is 7.26. The van der Waals surface area contributed by atoms with Crippen LogP contribution in [0.15, 0.2) is 23.8 Å². The molecule has 0 unspecified atom stereocenters. The highest BCUT2D eigenvalue weighted by atomic mass is 16.5. The van der Waals surface area contributed by atoms with Crippen LogP contribution in [0.3, 0.4) is 0 Å². The Hall–Kier alpha value is -2.48. The molecule has 0 radical (unpaired) electrons. The summed E-state index contributed by atoms with van der Waals surface area (Å²) in [6.07, 6.45) is 2.39. The molecule has 0 fully saturated rings. The third-order valence-electron chi connectivity index (χ3n) is 2.76. The van der Waals surface area contributed by atoms with Crippen molar-refractivity contribution in [3.05, 3.63) is 29.3 Å². The Morgan fingerprint density at radius 3 is 2.68 bits per heavy atom. The van der Waals surface area contributed by atoms with Crippen molar-refractivity contribution in [3.63, 3.8) is 0 Å². The van der Waals surface area contributed by atoms with Crippen molar-refractivity contribution in [1.82, 2.24) is 5.32 Å². The second kappa shape index (κ2) is 8.73. The first-order valence-electron chi connectivity index (χ1n) is 7.26. The highest BCUT2D eigenvalue weighted by Gasteiger charge is 2.10. The Labute approximate surface area is 131 Å². The lowest BCUT2D eigenvalue weighted by Crippen LogP contribution is -2.25. The van der Waals surface area contributed by atoms with Crippen LogP contribution in [0, 0.1) is 11.3 Å². The van der Waals surface area contributed by atoms with E-state index in [1.807, 2.05) is 26.8 Å². The van der Waals surface area contributed by atoms with Gasteiger partial charge in [-0.2, -0.15) is 5.26 Å². The lowest BCUT2D eigenvalue weighted by atomic mass is 10.1. The fraction of sp³-hybridized carbons (Fsp3) is 0.412. The van der Waals surface area contributed by atoms with Crippen LogP contribution in [-0.4, -0.2) is 25.7 Å². The van der Waals surface area contributed by atoms with E-state index in [2.05, 4.69) is 5.32 Å². The highest BCUT2D eigenvalue weighted by molar-refractivity contribution is 6.01. The largest absolute Gasteiger partial charge is 0.493 e. The fourth-order valence-electron chi connectivity index (χ4n) is 1.77. The molecule has 0 heterocycles. The average Bonchev–Trinajstić information content (AvgIpc) is 2.50. The molecule has 0 spiro atoms. The third-order valence-corrected chi connectivity index (χ3v) is 2.76. The second-order valence-electron chi connectivity index (χ2n) is 5.00. The number of nitrogens with one attached hydrogen (secondary N) is 1. The normalized spacial score (nSPS) is 11.0. The van der Waals surface area contributed by atoms with Crippen LogP contribution < -0.4 is 14.8 Å². The Bertz CT molecular complexity index is 586. The Kier molecular flexibility index (Phi) is 6.97. The van der Waals surface area contributed by atoms with Crippen molar-refractivity contribution >= 4 is 12.0 Å². The zero-order valence-electron chi connectivity index (χ0n) is 13.5. The van der Waals surface area contributed by atoms with Gasteiger partial charge in [0.05, 0.1) is 13.2 Å². The maximum Gasteiger partial charge on any atom is 0.261 e. The molecule has 5 heteroatoms. The minimum Gasteiger partial charge on any atom is -0.493 e. The topological polar surface area (TPSA) is 71.4 Å². The van der Waals surface area contributed by atoms with E-state index in [1.54, 1.807) is 25.3 Å². The predicted molar refractivity (Wildman–Crippen MR) is 85.6 cm³/mol. The summed E-state index contributed by atoms with van der Waals surface area (Å²) < 4.78 is 10.9. The minimum absolute atomic E-state index is 0.0322. The molecule has 5 nitrogen and oxygen atoms in total. The first kappa shape index (κ1) is 17.6. The molecule has 0 aliphatic rings. The summed E-state index contributed by atoms with van der Waals surface area (Å²) in [5.74, 6) is 0.822. The fourth-order valence-corrected chi connectivity index (χ4v) is 1.77. The minimum atomic E-state index is -0.370. The van der Waals surface area contributed by atoms with E-state index in [0.29, 0.717) is 23.6 Å². The van der Waals surface area contributed by atoms with E-state index in [0.717, 1.165) is 6.42 Å². The zero-order valence-corrected chi connectivity index (χ0v) is 13.5. The lowest BCUT2D eigenvalue weighted by molar-refractivity contribution is -0.117. The average molecular weight is 302 g/mol. The van der Waals surface area contributed by atoms with Gasteiger partial charge in [-0.05, 0) is 44.0 Å². The number of nitrogens with zero attached hydrogens (tertiary/aromatic N) is 1. The van der Waals surface area contributed by atoms with Crippen molar-refractivity contribution in [2.45, 2.75) is 33.3 Å². The Morgan fingerprint density at radius 2 is 2.14 bits per heavy atom. The molecule has 0 saturated heterocycles. The third kappa shape index (κ3) is 5.13. The number of nitriles is 1. The van der Waals surface area contributed by atoms with E-state index in [-0.39, 0.29) is 17.6 Å². The number of benzene rings is 1. The quantitative estimate of drug-likeness (QED) is 0.621. The standard InChI is InChI=1S/C17H22N2O3/c1-5-8-19-17(20)14(11-18)9-13-6-7-15(22-12(2)3)16(10-13)21-4/h6-7,9-10,12H,5,8H2,1-4H3,(H,19,20)/b14-9-. The molecule has 0 aliphatic carbocycles. The first-order chi connectivity index (χ1) is 10.5. The van der Waals surface area contributed by atoms with Gasteiger partial charge in [0.25, 0.3) is 5.91 Å². The van der Waals surface area contributed by atoms with Gasteiger partial charge in [0.15, 0.2) is 11.5 Å². The van der Waals surface area contributed by atoms with Gasteiger partial charge in [-0.15, -0.1) is 0 Å². The summed E-state index contributed by atoms with van der Waals surface area (Å²) in [5, 5.41) is 11.8. The molecule has 1 rings (SSSR count). The molecule has 1 amide bonds. The number of amides is 1. The molecular formula is C17H22N2O3. The van der Waals surface area contributed by atoms with Gasteiger partial charge in [0, 0.05) is 6.54 Å². The monoisotopic (exact) mass is 302 g/mol. The van der Waals surface area contributed by atoms with Gasteiger partial charge in [0.2, 0.25) is 0 Å². The van der Waals surface area contributed by atoms with Gasteiger partial charge >= 0.3 is 0 Å². The zero-order chi connectivity index (χ0) is 16.5. The number of ether oxygens (including phenoxy) is 2. The van der Waals surface area contributed by atoms with Gasteiger partial charge < -0.3 is 14.8 Å². The van der Waals surface area contributed by atoms with Gasteiger partial charge in [0.1, 0.15) is 11.6 Å². The highest BCUT2D eigenvalue weighted by Crippen LogP contribution is 2.29. The molecule has 1 aromatic carbocycles. The van der Waals surface area contributed by atoms with Crippen molar-refractivity contribution in [1.29, 1.82) is 5.26 Å². The number of hydrogen-bond donors (Lipinski definition) is 1. The summed E-state index contributed by atoms with van der Waals surface area (Å²) >= 11 is 0. The SMILES string of the molecule is CCCNC(=O)/C(C#N)=C\c1ccc(OC(C)C)c(OC)c1. The number of carbonyl (C=O) groups excluding carboxylic acids is 1. The lowest BCUT2D eigenvalue weighted by Gasteiger charge is -2.13. The van der Waals surface area contributed by atoms with E-state index >= 15 is 0 Å². The molecule has 1 N–H and O–H groups in total. The van der Waals surface area contributed by atoms with Crippen molar-refractivity contribution in [2.75, 3.05) is 13.7 Å². The summed E-state index contributed by atoms with van der Waals surface area (Å²) in [5.41, 5.74) is 0.768. The van der Waals surface area contributed by atoms with Crippen LogP contribution in [0.4, 0.5) is 0 Å². The molecular weight excluding hydrogens is 280 g/mol. The number of rotatable bonds is 7. The molecule has 0 aliphatic heterocycles. The summed E-state index contributed by atoms with van der Waals surface area (Å²) in [4.78, 5) is 11.8. The van der Waals surface area contributed by atoms with Gasteiger partial charge in [-0.3, -0.25) is 4.79 Å². The second-order valence-corrected chi connectivity index (χ2v) is 5.00. The van der Waals surface area contributed by atoms with E-state index in [1.165, 1.54) is 6.08 Å². The molecule has 0 atom stereocenters. The van der Waals surface area contributed by atoms with Crippen molar-refractivity contribution in [3.8, 4) is 17.6 Å². The predicted octanol–water partition coefficient (Wildman–Crippen LogP) is 2.92. The molecule has 0 saturated carbocycles. The number of hydrogen-bond acceptors (Lipinski definition) is 4. The number of methoxy groups -OCH3 is 1. The van der Waals surface area contributed by atoms with Crippen molar-refractivity contribution < 1.29 is 14.3 Å². The summed E-state index contributed by atoms with van der Waals surface area (Å²) in [6.45, 7) is 6.36. The van der Waals surface area contributed by atoms with Crippen LogP contribution in [-0.2, 0) is 4.79 Å². The maximum atomic E-state index is 11.8. The Balaban J connectivity index is 3.03. The van der Waals surface area contributed by atoms with E-state index in [9.17, 15) is 4.79 Å². The van der Waals surface area contributed by atoms with Gasteiger partial charge in [-0.25, -0.2) is 0 Å². The summed E-state index contributed by atoms with van der Waals surface area (Å²) in [6, 6.07) is 7.21. The van der Waals surface area contributed by atoms with Crippen LogP contribution in [0.1, 0.15) is 32.8 Å². The summed E-state index contributed by atoms with van der Waals surface area (Å²) in [7, 11) is 1.55. The Morgan fingerprint density at radius 1 is 1.41 bits per heavy atom. The van der Waals surface area contributed by atoms with Crippen LogP contribution >= 0.6 is 0 Å². The van der Waals surface area contributed by atoms with Crippen molar-refractivity contribution in [2.24, 2.45) is 0 Å². The van der Waals surface area contributed by atoms with Crippen LogP contribution in [0.25, 0.3) is 6.08 Å². The molecule has 22 heavy (non-hydrogen) atoms. The molecule has 0 bridgehead atoms. The van der Waals surface area contributed by atoms with E-state index in [4.69, 9.17) is 14.7 Å². The molecule has 0 aromatic heterocycles. The molecule has 118 valence electrons. The van der Waals surface area contributed by atoms with Crippen LogP contribution in [0.5, 0.6) is 11.5 Å².